The lowest BCUT2D eigenvalue weighted by molar-refractivity contribution is 0.290. The van der Waals surface area contributed by atoms with Crippen LogP contribution in [0.5, 0.6) is 0 Å². The zero-order chi connectivity index (χ0) is 13.9. The van der Waals surface area contributed by atoms with E-state index in [1.165, 1.54) is 10.5 Å². The van der Waals surface area contributed by atoms with Crippen LogP contribution < -0.4 is 5.73 Å². The molecule has 1 atom stereocenters. The minimum absolute atomic E-state index is 0.509. The molecule has 19 heavy (non-hydrogen) atoms. The summed E-state index contributed by atoms with van der Waals surface area (Å²) in [5.74, 6) is 1.88. The van der Waals surface area contributed by atoms with Crippen molar-refractivity contribution in [1.82, 2.24) is 10.1 Å². The lowest BCUT2D eigenvalue weighted by Gasteiger charge is -2.16. The van der Waals surface area contributed by atoms with Crippen LogP contribution in [0, 0.1) is 6.92 Å². The van der Waals surface area contributed by atoms with Crippen LogP contribution in [-0.2, 0) is 11.3 Å². The first-order valence-electron chi connectivity index (χ1n) is 6.32. The highest BCUT2D eigenvalue weighted by Crippen LogP contribution is 2.24. The number of thioether (sulfide) groups is 1. The fraction of sp³-hybridized carbons (Fsp3) is 0.429. The average molecular weight is 277 g/mol. The number of aromatic nitrogens is 2. The van der Waals surface area contributed by atoms with E-state index in [1.807, 2.05) is 13.8 Å². The first-order valence-corrected chi connectivity index (χ1v) is 7.31. The molecule has 1 unspecified atom stereocenters. The summed E-state index contributed by atoms with van der Waals surface area (Å²) in [7, 11) is 0. The fourth-order valence-electron chi connectivity index (χ4n) is 1.48. The third-order valence-electron chi connectivity index (χ3n) is 3.08. The maximum atomic E-state index is 6.07. The number of hydrogen-bond donors (Lipinski definition) is 1. The van der Waals surface area contributed by atoms with E-state index in [2.05, 4.69) is 41.3 Å². The molecule has 1 aromatic heterocycles. The first-order chi connectivity index (χ1) is 9.01. The maximum absolute atomic E-state index is 6.07. The van der Waals surface area contributed by atoms with Gasteiger partial charge in [-0.15, -0.1) is 11.8 Å². The molecule has 0 aliphatic carbocycles. The normalized spacial score (nSPS) is 14.3. The molecule has 102 valence electrons. The second-order valence-electron chi connectivity index (χ2n) is 4.89. The lowest BCUT2D eigenvalue weighted by Crippen LogP contribution is -2.32. The molecule has 4 nitrogen and oxygen atoms in total. The van der Waals surface area contributed by atoms with Crippen molar-refractivity contribution >= 4 is 11.8 Å². The van der Waals surface area contributed by atoms with E-state index in [0.717, 1.165) is 6.42 Å². The van der Waals surface area contributed by atoms with Crippen LogP contribution in [-0.4, -0.2) is 10.1 Å². The molecule has 0 fully saturated rings. The number of rotatable bonds is 5. The molecule has 0 amide bonds. The molecular formula is C14H19N3OS. The second kappa shape index (κ2) is 5.75. The largest absolute Gasteiger partial charge is 0.337 e. The number of hydrogen-bond acceptors (Lipinski definition) is 5. The zero-order valence-corrected chi connectivity index (χ0v) is 12.3. The predicted octanol–water partition coefficient (Wildman–Crippen LogP) is 3.25. The molecule has 0 bridgehead atoms. The molecule has 2 aromatic rings. The van der Waals surface area contributed by atoms with E-state index >= 15 is 0 Å². The lowest BCUT2D eigenvalue weighted by atomic mass is 10.0. The third kappa shape index (κ3) is 3.58. The van der Waals surface area contributed by atoms with Gasteiger partial charge in [0.05, 0.1) is 11.3 Å². The van der Waals surface area contributed by atoms with Crippen molar-refractivity contribution in [2.24, 2.45) is 5.73 Å². The topological polar surface area (TPSA) is 64.9 Å². The number of benzene rings is 1. The van der Waals surface area contributed by atoms with Crippen LogP contribution in [0.3, 0.4) is 0 Å². The van der Waals surface area contributed by atoms with Gasteiger partial charge in [-0.1, -0.05) is 29.8 Å². The average Bonchev–Trinajstić information content (AvgIpc) is 2.88. The van der Waals surface area contributed by atoms with E-state index in [-0.39, 0.29) is 0 Å². The van der Waals surface area contributed by atoms with Gasteiger partial charge in [-0.25, -0.2) is 0 Å². The highest BCUT2D eigenvalue weighted by Gasteiger charge is 2.25. The van der Waals surface area contributed by atoms with Crippen molar-refractivity contribution in [3.8, 4) is 0 Å². The summed E-state index contributed by atoms with van der Waals surface area (Å²) in [5, 5.41) is 3.98. The minimum atomic E-state index is -0.542. The molecule has 2 rings (SSSR count). The Bertz CT molecular complexity index is 534. The van der Waals surface area contributed by atoms with Crippen molar-refractivity contribution in [2.75, 3.05) is 0 Å². The summed E-state index contributed by atoms with van der Waals surface area (Å²) in [5.41, 5.74) is 6.79. The Morgan fingerprint density at radius 3 is 2.63 bits per heavy atom. The molecule has 2 N–H and O–H groups in total. The molecule has 0 spiro atoms. The van der Waals surface area contributed by atoms with Crippen molar-refractivity contribution in [1.29, 1.82) is 0 Å². The SMILES string of the molecule is CCC(C)(N)c1nc(CSc2ccc(C)cc2)no1. The monoisotopic (exact) mass is 277 g/mol. The van der Waals surface area contributed by atoms with Crippen LogP contribution in [0.4, 0.5) is 0 Å². The summed E-state index contributed by atoms with van der Waals surface area (Å²) in [4.78, 5) is 5.56. The Kier molecular flexibility index (Phi) is 4.27. The Labute approximate surface area is 117 Å². The smallest absolute Gasteiger partial charge is 0.246 e. The molecule has 0 aliphatic heterocycles. The van der Waals surface area contributed by atoms with Gasteiger partial charge in [0.25, 0.3) is 0 Å². The summed E-state index contributed by atoms with van der Waals surface area (Å²) < 4.78 is 5.23. The van der Waals surface area contributed by atoms with Crippen molar-refractivity contribution < 1.29 is 4.52 Å². The third-order valence-corrected chi connectivity index (χ3v) is 4.09. The van der Waals surface area contributed by atoms with Gasteiger partial charge in [0.2, 0.25) is 5.89 Å². The van der Waals surface area contributed by atoms with Gasteiger partial charge in [-0.05, 0) is 32.4 Å². The number of nitrogens with zero attached hydrogens (tertiary/aromatic N) is 2. The van der Waals surface area contributed by atoms with Gasteiger partial charge < -0.3 is 10.3 Å². The van der Waals surface area contributed by atoms with E-state index in [0.29, 0.717) is 17.5 Å². The minimum Gasteiger partial charge on any atom is -0.337 e. The van der Waals surface area contributed by atoms with E-state index < -0.39 is 5.54 Å². The van der Waals surface area contributed by atoms with E-state index in [1.54, 1.807) is 11.8 Å². The maximum Gasteiger partial charge on any atom is 0.246 e. The molecule has 5 heteroatoms. The van der Waals surface area contributed by atoms with Crippen LogP contribution in [0.2, 0.25) is 0 Å². The molecule has 1 heterocycles. The van der Waals surface area contributed by atoms with Crippen LogP contribution >= 0.6 is 11.8 Å². The standard InChI is InChI=1S/C14H19N3OS/c1-4-14(3,15)13-16-12(17-18-13)9-19-11-7-5-10(2)6-8-11/h5-8H,4,9,15H2,1-3H3. The summed E-state index contributed by atoms with van der Waals surface area (Å²) in [6.07, 6.45) is 0.764. The number of aryl methyl sites for hydroxylation is 1. The molecule has 0 saturated carbocycles. The van der Waals surface area contributed by atoms with Gasteiger partial charge in [-0.2, -0.15) is 4.98 Å². The van der Waals surface area contributed by atoms with Gasteiger partial charge >= 0.3 is 0 Å². The quantitative estimate of drug-likeness (QED) is 0.850. The van der Waals surface area contributed by atoms with Gasteiger partial charge in [0, 0.05) is 4.90 Å². The van der Waals surface area contributed by atoms with Gasteiger partial charge in [-0.3, -0.25) is 0 Å². The Hall–Kier alpha value is -1.33. The highest BCUT2D eigenvalue weighted by molar-refractivity contribution is 7.98. The molecule has 1 aromatic carbocycles. The molecular weight excluding hydrogens is 258 g/mol. The summed E-state index contributed by atoms with van der Waals surface area (Å²) in [6, 6.07) is 8.39. The van der Waals surface area contributed by atoms with Crippen molar-refractivity contribution in [3.05, 3.63) is 41.5 Å². The van der Waals surface area contributed by atoms with Crippen LogP contribution in [0.1, 0.15) is 37.5 Å². The second-order valence-corrected chi connectivity index (χ2v) is 5.94. The molecule has 0 aliphatic rings. The Morgan fingerprint density at radius 1 is 1.32 bits per heavy atom. The summed E-state index contributed by atoms with van der Waals surface area (Å²) >= 11 is 1.69. The number of nitrogens with two attached hydrogens (primary N) is 1. The van der Waals surface area contributed by atoms with Crippen LogP contribution in [0.25, 0.3) is 0 Å². The van der Waals surface area contributed by atoms with Gasteiger partial charge in [0.15, 0.2) is 5.82 Å². The van der Waals surface area contributed by atoms with Crippen LogP contribution in [0.15, 0.2) is 33.7 Å². The zero-order valence-electron chi connectivity index (χ0n) is 11.5. The van der Waals surface area contributed by atoms with Crippen molar-refractivity contribution in [2.45, 2.75) is 43.4 Å². The fourth-order valence-corrected chi connectivity index (χ4v) is 2.22. The molecule has 0 radical (unpaired) electrons. The van der Waals surface area contributed by atoms with Gasteiger partial charge in [0.1, 0.15) is 0 Å². The Balaban J connectivity index is 1.99. The highest BCUT2D eigenvalue weighted by atomic mass is 32.2. The van der Waals surface area contributed by atoms with E-state index in [4.69, 9.17) is 10.3 Å². The summed E-state index contributed by atoms with van der Waals surface area (Å²) in [6.45, 7) is 5.98. The Morgan fingerprint density at radius 2 is 2.00 bits per heavy atom. The first kappa shape index (κ1) is 14.1. The van der Waals surface area contributed by atoms with E-state index in [9.17, 15) is 0 Å². The molecule has 0 saturated heterocycles. The van der Waals surface area contributed by atoms with Crippen molar-refractivity contribution in [3.63, 3.8) is 0 Å². The predicted molar refractivity (Wildman–Crippen MR) is 76.9 cm³/mol.